The lowest BCUT2D eigenvalue weighted by molar-refractivity contribution is -0.133. The fraction of sp³-hybridized carbons (Fsp3) is 0.933. The normalized spacial score (nSPS) is 23.5. The molecule has 2 heterocycles. The van der Waals surface area contributed by atoms with E-state index in [2.05, 4.69) is 0 Å². The Morgan fingerprint density at radius 3 is 2.30 bits per heavy atom. The van der Waals surface area contributed by atoms with Gasteiger partial charge in [-0.2, -0.15) is 0 Å². The highest BCUT2D eigenvalue weighted by Crippen LogP contribution is 2.21. The average Bonchev–Trinajstić information content (AvgIpc) is 2.53. The van der Waals surface area contributed by atoms with Crippen molar-refractivity contribution in [1.29, 1.82) is 0 Å². The van der Waals surface area contributed by atoms with Crippen LogP contribution in [0.1, 0.15) is 32.1 Å². The van der Waals surface area contributed by atoms with Crippen molar-refractivity contribution in [3.05, 3.63) is 0 Å². The molecular weight excluding hydrogens is 256 g/mol. The molecule has 2 aliphatic rings. The molecular formula is C15H28N2O3. The summed E-state index contributed by atoms with van der Waals surface area (Å²) in [5, 5.41) is 0. The molecule has 0 spiro atoms. The third-order valence-corrected chi connectivity index (χ3v) is 4.65. The van der Waals surface area contributed by atoms with E-state index >= 15 is 0 Å². The number of nitrogens with two attached hydrogens (primary N) is 1. The summed E-state index contributed by atoms with van der Waals surface area (Å²) in [7, 11) is 1.88. The minimum Gasteiger partial charge on any atom is -0.381 e. The molecule has 0 bridgehead atoms. The van der Waals surface area contributed by atoms with Gasteiger partial charge >= 0.3 is 0 Å². The molecule has 0 aliphatic carbocycles. The Labute approximate surface area is 121 Å². The molecule has 0 saturated carbocycles. The number of likely N-dealkylation sites (N-methyl/N-ethyl adjacent to an activating group) is 1. The van der Waals surface area contributed by atoms with E-state index in [1.54, 1.807) is 0 Å². The van der Waals surface area contributed by atoms with E-state index in [0.29, 0.717) is 5.92 Å². The molecule has 2 saturated heterocycles. The summed E-state index contributed by atoms with van der Waals surface area (Å²) < 4.78 is 10.7. The van der Waals surface area contributed by atoms with Gasteiger partial charge in [0.15, 0.2) is 0 Å². The summed E-state index contributed by atoms with van der Waals surface area (Å²) in [5.41, 5.74) is 6.13. The molecule has 0 aromatic heterocycles. The predicted octanol–water partition coefficient (Wildman–Crippen LogP) is 1.02. The molecule has 2 aliphatic heterocycles. The number of hydrogen-bond acceptors (Lipinski definition) is 4. The van der Waals surface area contributed by atoms with Crippen molar-refractivity contribution in [3.8, 4) is 0 Å². The molecule has 1 unspecified atom stereocenters. The van der Waals surface area contributed by atoms with Crippen molar-refractivity contribution in [2.45, 2.75) is 38.1 Å². The van der Waals surface area contributed by atoms with E-state index in [4.69, 9.17) is 15.2 Å². The first-order chi connectivity index (χ1) is 9.68. The van der Waals surface area contributed by atoms with E-state index in [1.807, 2.05) is 11.9 Å². The molecule has 5 nitrogen and oxygen atoms in total. The molecule has 5 heteroatoms. The maximum Gasteiger partial charge on any atom is 0.239 e. The van der Waals surface area contributed by atoms with Crippen molar-refractivity contribution in [2.75, 3.05) is 40.0 Å². The van der Waals surface area contributed by atoms with Gasteiger partial charge in [0.05, 0.1) is 6.04 Å². The number of rotatable bonds is 5. The van der Waals surface area contributed by atoms with Crippen LogP contribution in [0.5, 0.6) is 0 Å². The lowest BCUT2D eigenvalue weighted by atomic mass is 9.91. The molecule has 2 N–H and O–H groups in total. The average molecular weight is 284 g/mol. The van der Waals surface area contributed by atoms with Crippen molar-refractivity contribution in [1.82, 2.24) is 4.90 Å². The van der Waals surface area contributed by atoms with E-state index < -0.39 is 0 Å². The Morgan fingerprint density at radius 2 is 1.70 bits per heavy atom. The summed E-state index contributed by atoms with van der Waals surface area (Å²) in [5.74, 6) is 1.06. The molecule has 0 radical (unpaired) electrons. The van der Waals surface area contributed by atoms with Gasteiger partial charge in [0.2, 0.25) is 5.91 Å². The first-order valence-electron chi connectivity index (χ1n) is 7.84. The Balaban J connectivity index is 1.72. The fourth-order valence-electron chi connectivity index (χ4n) is 3.05. The number of ether oxygens (including phenoxy) is 2. The number of hydrogen-bond donors (Lipinski definition) is 1. The number of carbonyl (C=O) groups excluding carboxylic acids is 1. The highest BCUT2D eigenvalue weighted by Gasteiger charge is 2.28. The first kappa shape index (κ1) is 15.7. The first-order valence-corrected chi connectivity index (χ1v) is 7.84. The summed E-state index contributed by atoms with van der Waals surface area (Å²) >= 11 is 0. The van der Waals surface area contributed by atoms with Crippen LogP contribution in [0.3, 0.4) is 0 Å². The quantitative estimate of drug-likeness (QED) is 0.818. The van der Waals surface area contributed by atoms with Crippen LogP contribution in [0, 0.1) is 11.8 Å². The van der Waals surface area contributed by atoms with Gasteiger partial charge in [-0.15, -0.1) is 0 Å². The lowest BCUT2D eigenvalue weighted by Crippen LogP contribution is -2.48. The third kappa shape index (κ3) is 4.43. The monoisotopic (exact) mass is 284 g/mol. The van der Waals surface area contributed by atoms with Crippen LogP contribution in [0.25, 0.3) is 0 Å². The second-order valence-corrected chi connectivity index (χ2v) is 6.08. The van der Waals surface area contributed by atoms with Crippen LogP contribution in [0.15, 0.2) is 0 Å². The zero-order valence-electron chi connectivity index (χ0n) is 12.6. The third-order valence-electron chi connectivity index (χ3n) is 4.65. The van der Waals surface area contributed by atoms with Gasteiger partial charge in [-0.3, -0.25) is 4.79 Å². The highest BCUT2D eigenvalue weighted by molar-refractivity contribution is 5.81. The molecule has 116 valence electrons. The number of amides is 1. The smallest absolute Gasteiger partial charge is 0.239 e. The van der Waals surface area contributed by atoms with Crippen LogP contribution in [0.2, 0.25) is 0 Å². The second kappa shape index (κ2) is 7.96. The second-order valence-electron chi connectivity index (χ2n) is 6.08. The zero-order valence-corrected chi connectivity index (χ0v) is 12.6. The predicted molar refractivity (Wildman–Crippen MR) is 77.3 cm³/mol. The van der Waals surface area contributed by atoms with Crippen LogP contribution >= 0.6 is 0 Å². The fourth-order valence-corrected chi connectivity index (χ4v) is 3.05. The maximum absolute atomic E-state index is 12.4. The Kier molecular flexibility index (Phi) is 6.26. The van der Waals surface area contributed by atoms with Gasteiger partial charge in [-0.25, -0.2) is 0 Å². The van der Waals surface area contributed by atoms with E-state index in [1.165, 1.54) is 0 Å². The van der Waals surface area contributed by atoms with Crippen LogP contribution in [0.4, 0.5) is 0 Å². The van der Waals surface area contributed by atoms with E-state index in [0.717, 1.165) is 65.1 Å². The zero-order chi connectivity index (χ0) is 14.4. The van der Waals surface area contributed by atoms with Gasteiger partial charge in [0.1, 0.15) is 0 Å². The van der Waals surface area contributed by atoms with Gasteiger partial charge in [-0.05, 0) is 43.9 Å². The SMILES string of the molecule is CN(CCC1CCOCC1)C(=O)C(N)C1CCOCC1. The topological polar surface area (TPSA) is 64.8 Å². The molecule has 0 aromatic carbocycles. The van der Waals surface area contributed by atoms with Crippen molar-refractivity contribution in [3.63, 3.8) is 0 Å². The summed E-state index contributed by atoms with van der Waals surface area (Å²) in [6.45, 7) is 4.00. The molecule has 2 fully saturated rings. The van der Waals surface area contributed by atoms with Gasteiger partial charge in [-0.1, -0.05) is 0 Å². The molecule has 20 heavy (non-hydrogen) atoms. The summed E-state index contributed by atoms with van der Waals surface area (Å²) in [6, 6.07) is -0.362. The molecule has 1 amide bonds. The Hall–Kier alpha value is -0.650. The van der Waals surface area contributed by atoms with Crippen LogP contribution < -0.4 is 5.73 Å². The molecule has 0 aromatic rings. The molecule has 1 atom stereocenters. The largest absolute Gasteiger partial charge is 0.381 e. The van der Waals surface area contributed by atoms with Gasteiger partial charge < -0.3 is 20.1 Å². The van der Waals surface area contributed by atoms with Gasteiger partial charge in [0.25, 0.3) is 0 Å². The number of carbonyl (C=O) groups is 1. The van der Waals surface area contributed by atoms with Crippen molar-refractivity contribution in [2.24, 2.45) is 17.6 Å². The maximum atomic E-state index is 12.4. The van der Waals surface area contributed by atoms with Gasteiger partial charge in [0, 0.05) is 40.0 Å². The van der Waals surface area contributed by atoms with Crippen LogP contribution in [-0.2, 0) is 14.3 Å². The van der Waals surface area contributed by atoms with E-state index in [-0.39, 0.29) is 17.9 Å². The number of nitrogens with zero attached hydrogens (tertiary/aromatic N) is 1. The Morgan fingerprint density at radius 1 is 1.15 bits per heavy atom. The standard InChI is InChI=1S/C15H28N2O3/c1-17(7-2-12-3-8-19-9-4-12)15(18)14(16)13-5-10-20-11-6-13/h12-14H,2-11,16H2,1H3. The highest BCUT2D eigenvalue weighted by atomic mass is 16.5. The lowest BCUT2D eigenvalue weighted by Gasteiger charge is -2.31. The summed E-state index contributed by atoms with van der Waals surface area (Å²) in [6.07, 6.45) is 5.11. The minimum atomic E-state index is -0.362. The minimum absolute atomic E-state index is 0.0870. The Bertz CT molecular complexity index is 299. The molecule has 2 rings (SSSR count). The van der Waals surface area contributed by atoms with Crippen molar-refractivity contribution >= 4 is 5.91 Å². The summed E-state index contributed by atoms with van der Waals surface area (Å²) in [4.78, 5) is 14.2. The van der Waals surface area contributed by atoms with Crippen LogP contribution in [-0.4, -0.2) is 56.9 Å². The van der Waals surface area contributed by atoms with E-state index in [9.17, 15) is 4.79 Å². The van der Waals surface area contributed by atoms with Crippen molar-refractivity contribution < 1.29 is 14.3 Å².